The first-order valence-electron chi connectivity index (χ1n) is 7.82. The highest BCUT2D eigenvalue weighted by Crippen LogP contribution is 2.20. The van der Waals surface area contributed by atoms with Gasteiger partial charge in [0, 0.05) is 23.4 Å². The van der Waals surface area contributed by atoms with Crippen LogP contribution in [0.1, 0.15) is 38.0 Å². The molecular weight excluding hydrogens is 356 g/mol. The number of non-ortho nitro benzene ring substituents is 1. The number of methoxy groups -OCH3 is 1. The van der Waals surface area contributed by atoms with Crippen molar-refractivity contribution in [2.45, 2.75) is 6.92 Å². The Morgan fingerprint density at radius 2 is 1.63 bits per heavy atom. The lowest BCUT2D eigenvalue weighted by molar-refractivity contribution is -0.384. The molecule has 9 nitrogen and oxygen atoms in total. The van der Waals surface area contributed by atoms with Gasteiger partial charge >= 0.3 is 11.9 Å². The van der Waals surface area contributed by atoms with E-state index in [0.29, 0.717) is 11.3 Å². The summed E-state index contributed by atoms with van der Waals surface area (Å²) in [6.07, 6.45) is 0. The lowest BCUT2D eigenvalue weighted by atomic mass is 10.1. The van der Waals surface area contributed by atoms with Gasteiger partial charge in [-0.3, -0.25) is 14.9 Å². The first-order valence-corrected chi connectivity index (χ1v) is 7.82. The van der Waals surface area contributed by atoms with Crippen LogP contribution < -0.4 is 5.32 Å². The second kappa shape index (κ2) is 8.56. The van der Waals surface area contributed by atoms with Crippen LogP contribution in [0.2, 0.25) is 0 Å². The van der Waals surface area contributed by atoms with E-state index in [2.05, 4.69) is 10.1 Å². The third-order valence-electron chi connectivity index (χ3n) is 3.47. The minimum atomic E-state index is -0.766. The summed E-state index contributed by atoms with van der Waals surface area (Å²) in [5.41, 5.74) is 0.0700. The van der Waals surface area contributed by atoms with Gasteiger partial charge in [-0.15, -0.1) is 0 Å². The van der Waals surface area contributed by atoms with Crippen molar-refractivity contribution in [3.05, 3.63) is 69.3 Å². The topological polar surface area (TPSA) is 125 Å². The quantitative estimate of drug-likeness (QED) is 0.469. The standard InChI is InChI=1S/C18H16N2O7/c1-3-27-18(23)13-8-12(9-15(10-13)20(24)25)16(21)19-14-6-4-11(5-7-14)17(22)26-2/h4-10H,3H2,1-2H3,(H,19,21). The predicted molar refractivity (Wildman–Crippen MR) is 94.8 cm³/mol. The SMILES string of the molecule is CCOC(=O)c1cc(C(=O)Nc2ccc(C(=O)OC)cc2)cc([N+](=O)[O-])c1. The fourth-order valence-corrected chi connectivity index (χ4v) is 2.19. The second-order valence-electron chi connectivity index (χ2n) is 5.27. The van der Waals surface area contributed by atoms with Gasteiger partial charge in [-0.05, 0) is 37.3 Å². The number of hydrogen-bond donors (Lipinski definition) is 1. The maximum absolute atomic E-state index is 12.4. The minimum Gasteiger partial charge on any atom is -0.465 e. The molecule has 0 saturated carbocycles. The molecule has 0 fully saturated rings. The molecule has 0 saturated heterocycles. The highest BCUT2D eigenvalue weighted by molar-refractivity contribution is 6.06. The number of hydrogen-bond acceptors (Lipinski definition) is 7. The Bertz CT molecular complexity index is 891. The summed E-state index contributed by atoms with van der Waals surface area (Å²) in [6.45, 7) is 1.69. The number of nitrogens with zero attached hydrogens (tertiary/aromatic N) is 1. The highest BCUT2D eigenvalue weighted by Gasteiger charge is 2.19. The van der Waals surface area contributed by atoms with Crippen molar-refractivity contribution in [3.8, 4) is 0 Å². The van der Waals surface area contributed by atoms with Gasteiger partial charge in [-0.2, -0.15) is 0 Å². The number of anilines is 1. The van der Waals surface area contributed by atoms with E-state index in [1.54, 1.807) is 6.92 Å². The van der Waals surface area contributed by atoms with Crippen LogP contribution in [0.25, 0.3) is 0 Å². The van der Waals surface area contributed by atoms with E-state index in [-0.39, 0.29) is 17.7 Å². The summed E-state index contributed by atoms with van der Waals surface area (Å²) in [5.74, 6) is -1.95. The minimum absolute atomic E-state index is 0.0794. The van der Waals surface area contributed by atoms with Gasteiger partial charge in [-0.1, -0.05) is 0 Å². The van der Waals surface area contributed by atoms with E-state index in [9.17, 15) is 24.5 Å². The van der Waals surface area contributed by atoms with Gasteiger partial charge in [0.25, 0.3) is 11.6 Å². The monoisotopic (exact) mass is 372 g/mol. The number of ether oxygens (including phenoxy) is 2. The van der Waals surface area contributed by atoms with Crippen molar-refractivity contribution < 1.29 is 28.8 Å². The van der Waals surface area contributed by atoms with Crippen LogP contribution >= 0.6 is 0 Å². The number of amides is 1. The van der Waals surface area contributed by atoms with Crippen molar-refractivity contribution in [1.82, 2.24) is 0 Å². The van der Waals surface area contributed by atoms with Crippen LogP contribution in [-0.2, 0) is 9.47 Å². The highest BCUT2D eigenvalue weighted by atomic mass is 16.6. The Hall–Kier alpha value is -3.75. The summed E-state index contributed by atoms with van der Waals surface area (Å²) in [5, 5.41) is 13.6. The molecular formula is C18H16N2O7. The zero-order valence-electron chi connectivity index (χ0n) is 14.6. The third kappa shape index (κ3) is 4.88. The molecule has 2 rings (SSSR count). The van der Waals surface area contributed by atoms with Gasteiger partial charge in [0.1, 0.15) is 0 Å². The average Bonchev–Trinajstić information content (AvgIpc) is 2.67. The van der Waals surface area contributed by atoms with E-state index >= 15 is 0 Å². The molecule has 1 amide bonds. The van der Waals surface area contributed by atoms with Crippen molar-refractivity contribution >= 4 is 29.2 Å². The molecule has 0 heterocycles. The van der Waals surface area contributed by atoms with Gasteiger partial charge in [0.05, 0.1) is 29.8 Å². The van der Waals surface area contributed by atoms with Crippen molar-refractivity contribution in [2.75, 3.05) is 19.0 Å². The second-order valence-corrected chi connectivity index (χ2v) is 5.27. The number of benzene rings is 2. The molecule has 0 aliphatic rings. The number of nitro groups is 1. The summed E-state index contributed by atoms with van der Waals surface area (Å²) in [7, 11) is 1.25. The van der Waals surface area contributed by atoms with E-state index < -0.39 is 28.5 Å². The maximum atomic E-state index is 12.4. The molecule has 0 unspecified atom stereocenters. The molecule has 27 heavy (non-hydrogen) atoms. The van der Waals surface area contributed by atoms with E-state index in [1.807, 2.05) is 0 Å². The lowest BCUT2D eigenvalue weighted by Crippen LogP contribution is -2.14. The molecule has 2 aromatic carbocycles. The molecule has 0 aliphatic carbocycles. The van der Waals surface area contributed by atoms with Crippen LogP contribution in [0.5, 0.6) is 0 Å². The lowest BCUT2D eigenvalue weighted by Gasteiger charge is -2.08. The summed E-state index contributed by atoms with van der Waals surface area (Å²) in [6, 6.07) is 9.18. The zero-order valence-corrected chi connectivity index (χ0v) is 14.6. The Balaban J connectivity index is 2.28. The smallest absolute Gasteiger partial charge is 0.338 e. The number of rotatable bonds is 6. The largest absolute Gasteiger partial charge is 0.465 e. The third-order valence-corrected chi connectivity index (χ3v) is 3.47. The van der Waals surface area contributed by atoms with Crippen molar-refractivity contribution in [1.29, 1.82) is 0 Å². The fraction of sp³-hybridized carbons (Fsp3) is 0.167. The molecule has 0 aromatic heterocycles. The molecule has 0 aliphatic heterocycles. The maximum Gasteiger partial charge on any atom is 0.338 e. The molecule has 9 heteroatoms. The predicted octanol–water partition coefficient (Wildman–Crippen LogP) is 2.81. The molecule has 140 valence electrons. The number of carbonyl (C=O) groups excluding carboxylic acids is 3. The van der Waals surface area contributed by atoms with Crippen LogP contribution in [0.15, 0.2) is 42.5 Å². The zero-order chi connectivity index (χ0) is 20.0. The van der Waals surface area contributed by atoms with Crippen molar-refractivity contribution in [2.24, 2.45) is 0 Å². The Morgan fingerprint density at radius 1 is 1.00 bits per heavy atom. The first kappa shape index (κ1) is 19.6. The van der Waals surface area contributed by atoms with Crippen molar-refractivity contribution in [3.63, 3.8) is 0 Å². The summed E-state index contributed by atoms with van der Waals surface area (Å²) < 4.78 is 9.41. The number of nitrogens with one attached hydrogen (secondary N) is 1. The number of esters is 2. The summed E-state index contributed by atoms with van der Waals surface area (Å²) >= 11 is 0. The van der Waals surface area contributed by atoms with Gasteiger partial charge in [0.2, 0.25) is 0 Å². The van der Waals surface area contributed by atoms with Crippen LogP contribution in [0.3, 0.4) is 0 Å². The number of nitro benzene ring substituents is 1. The normalized spacial score (nSPS) is 10.0. The molecule has 2 aromatic rings. The number of carbonyl (C=O) groups is 3. The molecule has 0 atom stereocenters. The molecule has 0 radical (unpaired) electrons. The Kier molecular flexibility index (Phi) is 6.21. The summed E-state index contributed by atoms with van der Waals surface area (Å²) in [4.78, 5) is 46.1. The van der Waals surface area contributed by atoms with Gasteiger partial charge < -0.3 is 14.8 Å². The molecule has 0 bridgehead atoms. The van der Waals surface area contributed by atoms with E-state index in [1.165, 1.54) is 37.4 Å². The van der Waals surface area contributed by atoms with Crippen LogP contribution in [0, 0.1) is 10.1 Å². The Morgan fingerprint density at radius 3 is 2.19 bits per heavy atom. The molecule has 0 spiro atoms. The molecule has 1 N–H and O–H groups in total. The van der Waals surface area contributed by atoms with E-state index in [0.717, 1.165) is 12.1 Å². The average molecular weight is 372 g/mol. The van der Waals surface area contributed by atoms with Gasteiger partial charge in [-0.25, -0.2) is 9.59 Å². The van der Waals surface area contributed by atoms with Crippen LogP contribution in [-0.4, -0.2) is 36.5 Å². The van der Waals surface area contributed by atoms with E-state index in [4.69, 9.17) is 4.74 Å². The first-order chi connectivity index (χ1) is 12.8. The van der Waals surface area contributed by atoms with Gasteiger partial charge in [0.15, 0.2) is 0 Å². The Labute approximate surface area is 154 Å². The fourth-order valence-electron chi connectivity index (χ4n) is 2.19. The van der Waals surface area contributed by atoms with Crippen LogP contribution in [0.4, 0.5) is 11.4 Å².